The van der Waals surface area contributed by atoms with Crippen LogP contribution < -0.4 is 59.0 Å². The fourth-order valence-corrected chi connectivity index (χ4v) is 12.4. The monoisotopic (exact) mass is 944 g/mol. The van der Waals surface area contributed by atoms with Crippen molar-refractivity contribution in [3.05, 3.63) is 210 Å². The largest absolute Gasteiger partial charge is 0.478 e. The van der Waals surface area contributed by atoms with Crippen molar-refractivity contribution in [2.24, 2.45) is 0 Å². The van der Waals surface area contributed by atoms with Crippen molar-refractivity contribution >= 4 is 115 Å². The second-order valence-electron chi connectivity index (χ2n) is 22.3. The van der Waals surface area contributed by atoms with E-state index < -0.39 is 11.9 Å². The Labute approximate surface area is 427 Å². The number of carboxylic acids is 2. The van der Waals surface area contributed by atoms with Crippen LogP contribution in [0.2, 0.25) is 0 Å². The first kappa shape index (κ1) is 44.6. The van der Waals surface area contributed by atoms with Gasteiger partial charge in [-0.1, -0.05) is 192 Å². The molecule has 0 bridgehead atoms. The molecule has 4 aliphatic rings. The first-order valence-electron chi connectivity index (χ1n) is 25.3. The lowest BCUT2D eigenvalue weighted by Gasteiger charge is -2.50. The van der Waals surface area contributed by atoms with Gasteiger partial charge in [-0.3, -0.25) is 0 Å². The SMILES string of the molecule is CC(C)(C)c1ccc(B2c3ccccc3N3c4cc(-c5ccc(C(=O)O)cc5)cc5c4B(c4cccc2c43)c2cc(-c3ccc(C(=O)O)cc3)cc3c2N5c2ccccc2B3c2ccc(C(C)(C)C)cc2)cc1. The minimum Gasteiger partial charge on any atom is -0.478 e. The molecule has 9 heteroatoms. The summed E-state index contributed by atoms with van der Waals surface area (Å²) in [7, 11) is 0. The molecular weight excluding hydrogens is 893 g/mol. The van der Waals surface area contributed by atoms with Crippen LogP contribution in [0.4, 0.5) is 34.1 Å². The van der Waals surface area contributed by atoms with E-state index >= 15 is 0 Å². The van der Waals surface area contributed by atoms with Gasteiger partial charge in [0.15, 0.2) is 0 Å². The normalized spacial score (nSPS) is 13.7. The van der Waals surface area contributed by atoms with E-state index in [0.29, 0.717) is 0 Å². The number of hydrogen-bond donors (Lipinski definition) is 2. The Balaban J connectivity index is 1.14. The highest BCUT2D eigenvalue weighted by atomic mass is 16.4. The Bertz CT molecular complexity index is 3760. The highest BCUT2D eigenvalue weighted by Gasteiger charge is 2.50. The molecule has 0 saturated carbocycles. The third-order valence-corrected chi connectivity index (χ3v) is 16.0. The van der Waals surface area contributed by atoms with Crippen molar-refractivity contribution in [3.8, 4) is 22.3 Å². The zero-order chi connectivity index (χ0) is 50.2. The van der Waals surface area contributed by atoms with Crippen molar-refractivity contribution in [2.75, 3.05) is 9.80 Å². The van der Waals surface area contributed by atoms with Crippen LogP contribution >= 0.6 is 0 Å². The van der Waals surface area contributed by atoms with Crippen molar-refractivity contribution in [1.29, 1.82) is 0 Å². The summed E-state index contributed by atoms with van der Waals surface area (Å²) in [6.45, 7) is 13.2. The van der Waals surface area contributed by atoms with E-state index in [1.54, 1.807) is 24.3 Å². The third kappa shape index (κ3) is 6.89. The Hall–Kier alpha value is -8.29. The van der Waals surface area contributed by atoms with Crippen molar-refractivity contribution < 1.29 is 19.8 Å². The van der Waals surface area contributed by atoms with Crippen LogP contribution in [-0.4, -0.2) is 42.3 Å². The zero-order valence-corrected chi connectivity index (χ0v) is 41.7. The number of benzene rings is 9. The molecule has 0 saturated heterocycles. The molecule has 2 N–H and O–H groups in total. The summed E-state index contributed by atoms with van der Waals surface area (Å²) in [4.78, 5) is 29.4. The van der Waals surface area contributed by atoms with Gasteiger partial charge in [0.05, 0.1) is 11.1 Å². The van der Waals surface area contributed by atoms with Gasteiger partial charge < -0.3 is 20.0 Å². The fourth-order valence-electron chi connectivity index (χ4n) is 12.4. The molecule has 9 aromatic rings. The summed E-state index contributed by atoms with van der Waals surface area (Å²) in [6, 6.07) is 67.0. The minimum absolute atomic E-state index is 0.00895. The lowest BCUT2D eigenvalue weighted by Crippen LogP contribution is -2.69. The minimum atomic E-state index is -0.958. The van der Waals surface area contributed by atoms with Gasteiger partial charge in [-0.05, 0) is 131 Å². The predicted molar refractivity (Wildman–Crippen MR) is 305 cm³/mol. The average Bonchev–Trinajstić information content (AvgIpc) is 3.39. The maximum absolute atomic E-state index is 12.2. The molecule has 6 nitrogen and oxygen atoms in total. The molecule has 0 fully saturated rings. The number of aromatic carboxylic acids is 2. The molecular formula is C64H51B3N2O4. The fraction of sp³-hybridized carbons (Fsp3) is 0.125. The topological polar surface area (TPSA) is 81.1 Å². The molecule has 0 atom stereocenters. The van der Waals surface area contributed by atoms with Gasteiger partial charge in [0.2, 0.25) is 13.4 Å². The lowest BCUT2D eigenvalue weighted by atomic mass is 9.28. The number of para-hydroxylation sites is 3. The summed E-state index contributed by atoms with van der Waals surface area (Å²) in [5.74, 6) is -1.91. The van der Waals surface area contributed by atoms with Gasteiger partial charge >= 0.3 is 11.9 Å². The quantitative estimate of drug-likeness (QED) is 0.163. The molecule has 4 aliphatic heterocycles. The summed E-state index contributed by atoms with van der Waals surface area (Å²) >= 11 is 0. The predicted octanol–water partition coefficient (Wildman–Crippen LogP) is 8.75. The second-order valence-corrected chi connectivity index (χ2v) is 22.3. The summed E-state index contributed by atoms with van der Waals surface area (Å²) in [5, 5.41) is 20.0. The van der Waals surface area contributed by atoms with Crippen molar-refractivity contribution in [2.45, 2.75) is 52.4 Å². The zero-order valence-electron chi connectivity index (χ0n) is 41.7. The number of hydrogen-bond acceptors (Lipinski definition) is 4. The second kappa shape index (κ2) is 16.1. The molecule has 0 aliphatic carbocycles. The molecule has 0 unspecified atom stereocenters. The van der Waals surface area contributed by atoms with Crippen LogP contribution in [0.5, 0.6) is 0 Å². The summed E-state index contributed by atoms with van der Waals surface area (Å²) in [5.41, 5.74) is 24.5. The van der Waals surface area contributed by atoms with E-state index in [2.05, 4.69) is 191 Å². The standard InChI is InChI=1S/C64H51B3N2O4/c1-63(2,3)44-26-30-46(31-27-44)65-48-12-7-9-16-54(48)68-56-36-43(39-20-24-41(25-21-39)62(72)73)37-57-58(56)67(51-15-11-14-50(65)59(51)68)53-35-42(38-18-22-40(23-19-38)61(70)71)34-52-60(53)69(57)55-17-10-8-13-49(55)66(52)47-32-28-45(29-33-47)64(4,5)6/h7-37H,1-6H3,(H,70,71)(H,72,73). The number of anilines is 6. The van der Waals surface area contributed by atoms with Gasteiger partial charge in [-0.25, -0.2) is 9.59 Å². The summed E-state index contributed by atoms with van der Waals surface area (Å²) in [6.07, 6.45) is 0. The van der Waals surface area contributed by atoms with Crippen LogP contribution in [0, 0.1) is 0 Å². The highest BCUT2D eigenvalue weighted by Crippen LogP contribution is 2.47. The van der Waals surface area contributed by atoms with Crippen molar-refractivity contribution in [3.63, 3.8) is 0 Å². The van der Waals surface area contributed by atoms with E-state index in [0.717, 1.165) is 50.7 Å². The number of carbonyl (C=O) groups is 2. The van der Waals surface area contributed by atoms with E-state index in [-0.39, 0.29) is 42.1 Å². The molecule has 0 spiro atoms. The lowest BCUT2D eigenvalue weighted by molar-refractivity contribution is 0.0686. The maximum atomic E-state index is 12.2. The number of fused-ring (bicyclic) bond motifs is 8. The molecule has 73 heavy (non-hydrogen) atoms. The first-order chi connectivity index (χ1) is 35.1. The molecule has 4 heterocycles. The maximum Gasteiger partial charge on any atom is 0.335 e. The molecule has 9 aromatic carbocycles. The van der Waals surface area contributed by atoms with Crippen LogP contribution in [0.1, 0.15) is 73.4 Å². The smallest absolute Gasteiger partial charge is 0.335 e. The number of rotatable bonds is 6. The molecule has 0 amide bonds. The van der Waals surface area contributed by atoms with E-state index in [9.17, 15) is 19.8 Å². The number of carboxylic acid groups (broad SMARTS) is 2. The Morgan fingerprint density at radius 3 is 1.18 bits per heavy atom. The van der Waals surface area contributed by atoms with Gasteiger partial charge in [0.1, 0.15) is 0 Å². The van der Waals surface area contributed by atoms with E-state index in [4.69, 9.17) is 0 Å². The summed E-state index contributed by atoms with van der Waals surface area (Å²) < 4.78 is 0. The van der Waals surface area contributed by atoms with Gasteiger partial charge in [-0.15, -0.1) is 0 Å². The third-order valence-electron chi connectivity index (χ3n) is 16.0. The highest BCUT2D eigenvalue weighted by molar-refractivity contribution is 7.05. The molecule has 13 rings (SSSR count). The van der Waals surface area contributed by atoms with Crippen molar-refractivity contribution in [1.82, 2.24) is 0 Å². The van der Waals surface area contributed by atoms with Gasteiger partial charge in [0, 0.05) is 34.1 Å². The van der Waals surface area contributed by atoms with Crippen LogP contribution in [-0.2, 0) is 10.8 Å². The first-order valence-corrected chi connectivity index (χ1v) is 25.3. The van der Waals surface area contributed by atoms with Crippen LogP contribution in [0.3, 0.4) is 0 Å². The Kier molecular flexibility index (Phi) is 9.85. The molecule has 0 radical (unpaired) electrons. The van der Waals surface area contributed by atoms with Gasteiger partial charge in [-0.2, -0.15) is 0 Å². The molecule has 350 valence electrons. The van der Waals surface area contributed by atoms with Crippen LogP contribution in [0.15, 0.2) is 188 Å². The number of nitrogens with zero attached hydrogens (tertiary/aromatic N) is 2. The van der Waals surface area contributed by atoms with E-state index in [1.807, 2.05) is 24.3 Å². The Morgan fingerprint density at radius 1 is 0.370 bits per heavy atom. The van der Waals surface area contributed by atoms with Gasteiger partial charge in [0.25, 0.3) is 6.71 Å². The average molecular weight is 945 g/mol. The molecule has 0 aromatic heterocycles. The Morgan fingerprint density at radius 2 is 0.740 bits per heavy atom. The van der Waals surface area contributed by atoms with E-state index in [1.165, 1.54) is 66.0 Å². The van der Waals surface area contributed by atoms with Crippen LogP contribution in [0.25, 0.3) is 22.3 Å².